The van der Waals surface area contributed by atoms with Crippen LogP contribution in [0.15, 0.2) is 34.2 Å². The molecule has 0 aromatic heterocycles. The summed E-state index contributed by atoms with van der Waals surface area (Å²) in [5.41, 5.74) is -2.71. The molecular weight excluding hydrogens is 492 g/mol. The Labute approximate surface area is 204 Å². The topological polar surface area (TPSA) is 44.7 Å². The lowest BCUT2D eigenvalue weighted by Crippen LogP contribution is -2.36. The minimum Gasteiger partial charge on any atom is -0.366 e. The summed E-state index contributed by atoms with van der Waals surface area (Å²) >= 11 is 1.09. The van der Waals surface area contributed by atoms with Gasteiger partial charge in [-0.2, -0.15) is 31.3 Å². The number of amidine groups is 1. The van der Waals surface area contributed by atoms with Crippen LogP contribution in [0.25, 0.3) is 0 Å². The number of hydrogen-bond acceptors (Lipinski definition) is 4. The zero-order chi connectivity index (χ0) is 25.2. The van der Waals surface area contributed by atoms with Crippen molar-refractivity contribution >= 4 is 22.8 Å². The minimum absolute atomic E-state index is 0.0700. The first-order valence-electron chi connectivity index (χ1n) is 11.8. The van der Waals surface area contributed by atoms with E-state index in [-0.39, 0.29) is 29.3 Å². The predicted octanol–water partition coefficient (Wildman–Crippen LogP) is 7.01. The van der Waals surface area contributed by atoms with Crippen molar-refractivity contribution in [1.29, 1.82) is 0 Å². The van der Waals surface area contributed by atoms with Crippen LogP contribution in [0.5, 0.6) is 0 Å². The van der Waals surface area contributed by atoms with E-state index in [0.717, 1.165) is 48.4 Å². The van der Waals surface area contributed by atoms with Crippen molar-refractivity contribution in [2.45, 2.75) is 69.9 Å². The number of nitrogens with one attached hydrogen (secondary N) is 1. The number of alkyl halides is 6. The number of aliphatic imine (C=N–C) groups is 1. The van der Waals surface area contributed by atoms with E-state index in [1.54, 1.807) is 0 Å². The molecule has 4 rings (SSSR count). The summed E-state index contributed by atoms with van der Waals surface area (Å²) in [6, 6.07) is 2.14. The van der Waals surface area contributed by atoms with Crippen molar-refractivity contribution in [2.75, 3.05) is 13.1 Å². The van der Waals surface area contributed by atoms with Gasteiger partial charge in [0.1, 0.15) is 5.84 Å². The molecule has 1 aliphatic carbocycles. The number of nitrogens with zero attached hydrogens (tertiary/aromatic N) is 2. The number of allylic oxidation sites excluding steroid dienone is 1. The highest BCUT2D eigenvalue weighted by molar-refractivity contribution is 8.18. The van der Waals surface area contributed by atoms with Gasteiger partial charge in [0.2, 0.25) is 0 Å². The normalized spacial score (nSPS) is 22.6. The lowest BCUT2D eigenvalue weighted by molar-refractivity contribution is -0.143. The van der Waals surface area contributed by atoms with Crippen LogP contribution in [0.1, 0.15) is 61.6 Å². The number of piperidine rings is 1. The monoisotopic (exact) mass is 519 g/mol. The van der Waals surface area contributed by atoms with E-state index < -0.39 is 23.5 Å². The average molecular weight is 520 g/mol. The van der Waals surface area contributed by atoms with Crippen LogP contribution in [-0.4, -0.2) is 35.1 Å². The van der Waals surface area contributed by atoms with E-state index in [0.29, 0.717) is 43.9 Å². The number of benzene rings is 1. The van der Waals surface area contributed by atoms with Crippen molar-refractivity contribution in [3.05, 3.63) is 45.9 Å². The number of amides is 1. The van der Waals surface area contributed by atoms with Crippen LogP contribution < -0.4 is 5.32 Å². The molecule has 0 atom stereocenters. The molecule has 2 heterocycles. The number of likely N-dealkylation sites (tertiary alicyclic amines) is 1. The Morgan fingerprint density at radius 1 is 1.00 bits per heavy atom. The van der Waals surface area contributed by atoms with Crippen LogP contribution in [0.4, 0.5) is 31.1 Å². The van der Waals surface area contributed by atoms with Crippen molar-refractivity contribution < 1.29 is 31.1 Å². The van der Waals surface area contributed by atoms with Crippen LogP contribution in [0, 0.1) is 5.92 Å². The molecule has 1 saturated carbocycles. The maximum Gasteiger partial charge on any atom is 0.416 e. The molecule has 2 aliphatic heterocycles. The first-order chi connectivity index (χ1) is 16.5. The molecule has 0 bridgehead atoms. The predicted molar refractivity (Wildman–Crippen MR) is 123 cm³/mol. The largest absolute Gasteiger partial charge is 0.416 e. The van der Waals surface area contributed by atoms with Gasteiger partial charge in [-0.1, -0.05) is 31.4 Å². The fourth-order valence-electron chi connectivity index (χ4n) is 4.86. The number of rotatable bonds is 4. The summed E-state index contributed by atoms with van der Waals surface area (Å²) in [7, 11) is 0. The highest BCUT2D eigenvalue weighted by Crippen LogP contribution is 2.38. The van der Waals surface area contributed by atoms with Crippen molar-refractivity contribution in [2.24, 2.45) is 10.9 Å². The molecule has 1 aromatic rings. The third-order valence-electron chi connectivity index (χ3n) is 6.74. The number of thioether (sulfide) groups is 1. The highest BCUT2D eigenvalue weighted by atomic mass is 32.2. The summed E-state index contributed by atoms with van der Waals surface area (Å²) in [6.07, 6.45) is -0.701. The van der Waals surface area contributed by atoms with Crippen molar-refractivity contribution in [3.8, 4) is 0 Å². The SMILES string of the molecule is O=C1N=C(NC2CCCCC2)/C(=C/C2CCN(Cc3ccc(C(F)(F)F)cc3C(F)(F)F)CC2)S1. The molecule has 1 aromatic carbocycles. The quantitative estimate of drug-likeness (QED) is 0.435. The van der Waals surface area contributed by atoms with Gasteiger partial charge >= 0.3 is 17.6 Å². The van der Waals surface area contributed by atoms with Crippen LogP contribution in [0.3, 0.4) is 0 Å². The fraction of sp³-hybridized carbons (Fsp3) is 0.583. The molecule has 192 valence electrons. The maximum absolute atomic E-state index is 13.5. The minimum atomic E-state index is -4.87. The summed E-state index contributed by atoms with van der Waals surface area (Å²) in [5, 5.41) is 3.15. The van der Waals surface area contributed by atoms with Gasteiger partial charge in [-0.25, -0.2) is 0 Å². The van der Waals surface area contributed by atoms with Gasteiger partial charge in [0.15, 0.2) is 0 Å². The molecule has 35 heavy (non-hydrogen) atoms. The first kappa shape index (κ1) is 26.1. The molecular formula is C24H27F6N3OS. The van der Waals surface area contributed by atoms with Crippen molar-refractivity contribution in [1.82, 2.24) is 10.2 Å². The molecule has 4 nitrogen and oxygen atoms in total. The second-order valence-electron chi connectivity index (χ2n) is 9.32. The van der Waals surface area contributed by atoms with Crippen LogP contribution in [-0.2, 0) is 18.9 Å². The maximum atomic E-state index is 13.5. The molecule has 0 radical (unpaired) electrons. The van der Waals surface area contributed by atoms with Gasteiger partial charge in [-0.3, -0.25) is 9.69 Å². The smallest absolute Gasteiger partial charge is 0.366 e. The second kappa shape index (κ2) is 10.5. The van der Waals surface area contributed by atoms with E-state index in [1.165, 1.54) is 6.42 Å². The molecule has 1 N–H and O–H groups in total. The summed E-state index contributed by atoms with van der Waals surface area (Å²) in [5.74, 6) is 0.765. The summed E-state index contributed by atoms with van der Waals surface area (Å²) < 4.78 is 79.1. The second-order valence-corrected chi connectivity index (χ2v) is 10.3. The third kappa shape index (κ3) is 6.81. The Hall–Kier alpha value is -2.01. The summed E-state index contributed by atoms with van der Waals surface area (Å²) in [4.78, 5) is 18.7. The van der Waals surface area contributed by atoms with E-state index in [9.17, 15) is 31.1 Å². The molecule has 11 heteroatoms. The highest BCUT2D eigenvalue weighted by Gasteiger charge is 2.38. The number of carbonyl (C=O) groups is 1. The van der Waals surface area contributed by atoms with E-state index >= 15 is 0 Å². The first-order valence-corrected chi connectivity index (χ1v) is 12.6. The standard InChI is InChI=1S/C24H27F6N3OS/c25-23(26,27)17-7-6-16(19(13-17)24(28,29)30)14-33-10-8-15(9-11-33)12-20-21(32-22(34)35-20)31-18-4-2-1-3-5-18/h6-7,12-13,15,18H,1-5,8-11,14H2,(H,31,32,34)/b20-12-. The Morgan fingerprint density at radius 3 is 2.31 bits per heavy atom. The van der Waals surface area contributed by atoms with E-state index in [1.807, 2.05) is 11.0 Å². The van der Waals surface area contributed by atoms with Crippen LogP contribution >= 0.6 is 11.8 Å². The Morgan fingerprint density at radius 2 is 1.69 bits per heavy atom. The van der Waals surface area contributed by atoms with Gasteiger partial charge < -0.3 is 5.32 Å². The Kier molecular flexibility index (Phi) is 7.85. The average Bonchev–Trinajstić information content (AvgIpc) is 3.13. The molecule has 1 amide bonds. The zero-order valence-electron chi connectivity index (χ0n) is 19.0. The van der Waals surface area contributed by atoms with Crippen molar-refractivity contribution in [3.63, 3.8) is 0 Å². The molecule has 2 fully saturated rings. The lowest BCUT2D eigenvalue weighted by atomic mass is 9.94. The van der Waals surface area contributed by atoms with Gasteiger partial charge in [0.05, 0.1) is 16.0 Å². The molecule has 0 spiro atoms. The van der Waals surface area contributed by atoms with E-state index in [4.69, 9.17) is 0 Å². The van der Waals surface area contributed by atoms with Crippen LogP contribution in [0.2, 0.25) is 0 Å². The zero-order valence-corrected chi connectivity index (χ0v) is 19.8. The van der Waals surface area contributed by atoms with Gasteiger partial charge in [-0.15, -0.1) is 0 Å². The molecule has 1 saturated heterocycles. The van der Waals surface area contributed by atoms with Gasteiger partial charge in [-0.05, 0) is 74.1 Å². The Balaban J connectivity index is 1.38. The summed E-state index contributed by atoms with van der Waals surface area (Å²) in [6.45, 7) is 0.946. The molecule has 0 unspecified atom stereocenters. The van der Waals surface area contributed by atoms with Gasteiger partial charge in [0, 0.05) is 12.6 Å². The lowest BCUT2D eigenvalue weighted by Gasteiger charge is -2.32. The number of hydrogen-bond donors (Lipinski definition) is 1. The Bertz CT molecular complexity index is 990. The fourth-order valence-corrected chi connectivity index (χ4v) is 5.64. The number of halogens is 6. The molecule has 3 aliphatic rings. The number of carbonyl (C=O) groups excluding carboxylic acids is 1. The third-order valence-corrected chi connectivity index (χ3v) is 7.55. The van der Waals surface area contributed by atoms with Gasteiger partial charge in [0.25, 0.3) is 0 Å². The van der Waals surface area contributed by atoms with E-state index in [2.05, 4.69) is 10.3 Å².